The Morgan fingerprint density at radius 3 is 2.36 bits per heavy atom. The number of benzene rings is 1. The van der Waals surface area contributed by atoms with Crippen LogP contribution in [-0.2, 0) is 23.9 Å². The molecule has 8 nitrogen and oxygen atoms in total. The minimum atomic E-state index is -1.89. The number of ether oxygens (including phenoxy) is 2. The fourth-order valence-electron chi connectivity index (χ4n) is 9.46. The standard InChI is InChI=1S/C31H38O8/c1-17-21(33)16-29(37)26(36)31-18(2)22(39-23(34)13-12-20-10-8-7-9-11-20)14-15-28(31,6)24(35)25(38-19(3)32)30(17,31)27(29,4)5/h7-13,17,22,24-26,35-37H,2,14-16H2,1,3-6H3/b13-12+/t17-,22+,24+,25+,26-,28+,29-,30-,31-/m1/s1. The number of Topliss-reactive ketones (excluding diaryl/α,β-unsaturated/α-hetero) is 1. The van der Waals surface area contributed by atoms with Gasteiger partial charge in [-0.1, -0.05) is 64.6 Å². The number of ketones is 1. The van der Waals surface area contributed by atoms with E-state index in [9.17, 15) is 29.7 Å². The third-order valence-electron chi connectivity index (χ3n) is 11.1. The van der Waals surface area contributed by atoms with E-state index >= 15 is 0 Å². The molecule has 4 fully saturated rings. The van der Waals surface area contributed by atoms with Gasteiger partial charge in [0.2, 0.25) is 0 Å². The lowest BCUT2D eigenvalue weighted by atomic mass is 9.42. The molecule has 0 amide bonds. The minimum absolute atomic E-state index is 0.275. The Bertz CT molecular complexity index is 1270. The van der Waals surface area contributed by atoms with Crippen molar-refractivity contribution >= 4 is 23.8 Å². The molecule has 1 aromatic rings. The van der Waals surface area contributed by atoms with Crippen LogP contribution in [0.1, 0.15) is 59.4 Å². The molecule has 4 aliphatic carbocycles. The van der Waals surface area contributed by atoms with E-state index < -0.39 is 69.5 Å². The number of carbonyl (C=O) groups excluding carboxylic acids is 3. The Morgan fingerprint density at radius 1 is 1.10 bits per heavy atom. The first-order valence-corrected chi connectivity index (χ1v) is 13.6. The summed E-state index contributed by atoms with van der Waals surface area (Å²) in [5, 5.41) is 36.2. The van der Waals surface area contributed by atoms with Gasteiger partial charge in [0.15, 0.2) is 0 Å². The monoisotopic (exact) mass is 538 g/mol. The van der Waals surface area contributed by atoms with Crippen molar-refractivity contribution in [2.24, 2.45) is 27.6 Å². The Morgan fingerprint density at radius 2 is 1.74 bits per heavy atom. The predicted molar refractivity (Wildman–Crippen MR) is 142 cm³/mol. The summed E-state index contributed by atoms with van der Waals surface area (Å²) < 4.78 is 11.7. The molecule has 0 aliphatic heterocycles. The van der Waals surface area contributed by atoms with Crippen LogP contribution in [0.3, 0.4) is 0 Å². The van der Waals surface area contributed by atoms with Crippen molar-refractivity contribution < 1.29 is 39.2 Å². The number of fused-ring (bicyclic) bond motifs is 1. The van der Waals surface area contributed by atoms with E-state index in [1.54, 1.807) is 33.8 Å². The smallest absolute Gasteiger partial charge is 0.331 e. The highest BCUT2D eigenvalue weighted by atomic mass is 16.6. The van der Waals surface area contributed by atoms with Crippen molar-refractivity contribution in [3.63, 3.8) is 0 Å². The van der Waals surface area contributed by atoms with Gasteiger partial charge in [-0.3, -0.25) is 9.59 Å². The van der Waals surface area contributed by atoms with Crippen LogP contribution >= 0.6 is 0 Å². The molecule has 0 radical (unpaired) electrons. The van der Waals surface area contributed by atoms with Crippen LogP contribution in [0, 0.1) is 27.6 Å². The highest BCUT2D eigenvalue weighted by Crippen LogP contribution is 2.86. The minimum Gasteiger partial charge on any atom is -0.459 e. The van der Waals surface area contributed by atoms with Crippen molar-refractivity contribution in [2.45, 2.75) is 83.9 Å². The van der Waals surface area contributed by atoms with Crippen LogP contribution in [-0.4, -0.2) is 63.1 Å². The number of rotatable bonds is 4. The highest BCUT2D eigenvalue weighted by molar-refractivity contribution is 5.88. The van der Waals surface area contributed by atoms with Crippen LogP contribution < -0.4 is 0 Å². The maximum atomic E-state index is 13.5. The fraction of sp³-hybridized carbons (Fsp3) is 0.581. The van der Waals surface area contributed by atoms with Gasteiger partial charge in [-0.15, -0.1) is 0 Å². The second-order valence-electron chi connectivity index (χ2n) is 12.6. The van der Waals surface area contributed by atoms with E-state index in [-0.39, 0.29) is 18.6 Å². The number of aliphatic hydroxyl groups is 3. The summed E-state index contributed by atoms with van der Waals surface area (Å²) in [7, 11) is 0. The lowest BCUT2D eigenvalue weighted by Crippen LogP contribution is -2.65. The van der Waals surface area contributed by atoms with Gasteiger partial charge in [-0.05, 0) is 30.1 Å². The molecule has 4 saturated carbocycles. The fourth-order valence-corrected chi connectivity index (χ4v) is 9.46. The Hall–Kier alpha value is -2.81. The summed E-state index contributed by atoms with van der Waals surface area (Å²) in [6, 6.07) is 9.28. The quantitative estimate of drug-likeness (QED) is 0.303. The SMILES string of the molecule is C=C1[C@@H](OC(=O)/C=C/c2ccccc2)CC[C@@]2(C)[C@@H](O)[C@H](OC(C)=O)[C@@]34[C@H](C)C(=O)C[C@@](O)([C@@H](O)[C@@]132)C4(C)C. The van der Waals surface area contributed by atoms with E-state index in [0.717, 1.165) is 5.56 Å². The van der Waals surface area contributed by atoms with Gasteiger partial charge in [0, 0.05) is 47.0 Å². The molecule has 39 heavy (non-hydrogen) atoms. The molecular weight excluding hydrogens is 500 g/mol. The third kappa shape index (κ3) is 3.03. The Labute approximate surface area is 228 Å². The van der Waals surface area contributed by atoms with Gasteiger partial charge in [-0.2, -0.15) is 0 Å². The zero-order valence-electron chi connectivity index (χ0n) is 23.1. The number of hydrogen-bond donors (Lipinski definition) is 3. The van der Waals surface area contributed by atoms with E-state index in [1.807, 2.05) is 30.3 Å². The Balaban J connectivity index is 1.66. The second-order valence-corrected chi connectivity index (χ2v) is 12.6. The summed E-state index contributed by atoms with van der Waals surface area (Å²) in [5.74, 6) is -2.35. The molecule has 3 N–H and O–H groups in total. The molecule has 5 rings (SSSR count). The largest absolute Gasteiger partial charge is 0.459 e. The molecule has 8 heteroatoms. The van der Waals surface area contributed by atoms with Crippen molar-refractivity contribution in [2.75, 3.05) is 0 Å². The molecular formula is C31H38O8. The van der Waals surface area contributed by atoms with Crippen molar-refractivity contribution in [3.8, 4) is 0 Å². The van der Waals surface area contributed by atoms with E-state index in [0.29, 0.717) is 12.0 Å². The molecule has 2 bridgehead atoms. The van der Waals surface area contributed by atoms with Crippen molar-refractivity contribution in [1.29, 1.82) is 0 Å². The first-order chi connectivity index (χ1) is 18.1. The molecule has 0 heterocycles. The molecule has 0 unspecified atom stereocenters. The van der Waals surface area contributed by atoms with Crippen LogP contribution in [0.5, 0.6) is 0 Å². The lowest BCUT2D eigenvalue weighted by Gasteiger charge is -2.60. The van der Waals surface area contributed by atoms with Crippen molar-refractivity contribution in [3.05, 3.63) is 54.1 Å². The summed E-state index contributed by atoms with van der Waals surface area (Å²) in [6.45, 7) is 12.6. The summed E-state index contributed by atoms with van der Waals surface area (Å²) in [4.78, 5) is 38.9. The van der Waals surface area contributed by atoms with Crippen LogP contribution in [0.15, 0.2) is 48.6 Å². The molecule has 0 aromatic heterocycles. The highest BCUT2D eigenvalue weighted by Gasteiger charge is 2.94. The van der Waals surface area contributed by atoms with E-state index in [4.69, 9.17) is 9.47 Å². The van der Waals surface area contributed by atoms with Crippen LogP contribution in [0.4, 0.5) is 0 Å². The molecule has 2 spiro atoms. The lowest BCUT2D eigenvalue weighted by molar-refractivity contribution is -0.213. The van der Waals surface area contributed by atoms with Gasteiger partial charge in [0.25, 0.3) is 0 Å². The molecule has 9 atom stereocenters. The van der Waals surface area contributed by atoms with Gasteiger partial charge < -0.3 is 24.8 Å². The third-order valence-corrected chi connectivity index (χ3v) is 11.1. The summed E-state index contributed by atoms with van der Waals surface area (Å²) in [6.07, 6.45) is -1.62. The zero-order valence-corrected chi connectivity index (χ0v) is 23.1. The average Bonchev–Trinajstić information content (AvgIpc) is 3.09. The van der Waals surface area contributed by atoms with Crippen LogP contribution in [0.25, 0.3) is 6.08 Å². The maximum absolute atomic E-state index is 13.5. The summed E-state index contributed by atoms with van der Waals surface area (Å²) >= 11 is 0. The molecule has 4 aliphatic rings. The van der Waals surface area contributed by atoms with Gasteiger partial charge in [0.1, 0.15) is 23.6 Å². The first-order valence-electron chi connectivity index (χ1n) is 13.6. The van der Waals surface area contributed by atoms with E-state index in [2.05, 4.69) is 6.58 Å². The number of carbonyl (C=O) groups is 3. The summed E-state index contributed by atoms with van der Waals surface area (Å²) in [5.41, 5.74) is -6.02. The van der Waals surface area contributed by atoms with Crippen molar-refractivity contribution in [1.82, 2.24) is 0 Å². The topological polar surface area (TPSA) is 130 Å². The number of aliphatic hydroxyl groups excluding tert-OH is 2. The number of hydrogen-bond acceptors (Lipinski definition) is 8. The normalized spacial score (nSPS) is 44.2. The van der Waals surface area contributed by atoms with Crippen LogP contribution in [0.2, 0.25) is 0 Å². The van der Waals surface area contributed by atoms with Gasteiger partial charge >= 0.3 is 11.9 Å². The number of esters is 2. The van der Waals surface area contributed by atoms with E-state index in [1.165, 1.54) is 13.0 Å². The average molecular weight is 539 g/mol. The molecule has 1 aromatic carbocycles. The zero-order chi connectivity index (χ0) is 28.8. The molecule has 210 valence electrons. The maximum Gasteiger partial charge on any atom is 0.331 e. The Kier molecular flexibility index (Phi) is 6.11. The van der Waals surface area contributed by atoms with Gasteiger partial charge in [-0.25, -0.2) is 4.79 Å². The first kappa shape index (κ1) is 27.7. The second kappa shape index (κ2) is 8.59. The molecule has 0 saturated heterocycles. The predicted octanol–water partition coefficient (Wildman–Crippen LogP) is 2.99. The van der Waals surface area contributed by atoms with Gasteiger partial charge in [0.05, 0.1) is 12.2 Å².